The van der Waals surface area contributed by atoms with Crippen LogP contribution in [0.5, 0.6) is 0 Å². The summed E-state index contributed by atoms with van der Waals surface area (Å²) in [7, 11) is 0. The fraction of sp³-hybridized carbons (Fsp3) is 0.143. The van der Waals surface area contributed by atoms with Gasteiger partial charge >= 0.3 is 0 Å². The molecule has 1 aromatic heterocycles. The largest absolute Gasteiger partial charge is 0.341 e. The highest BCUT2D eigenvalue weighted by Gasteiger charge is 2.18. The number of hydrogen-bond donors (Lipinski definition) is 1. The summed E-state index contributed by atoms with van der Waals surface area (Å²) < 4.78 is 0. The van der Waals surface area contributed by atoms with Gasteiger partial charge in [-0.05, 0) is 48.2 Å². The Hall–Kier alpha value is -2.94. The predicted octanol–water partition coefficient (Wildman–Crippen LogP) is 4.22. The lowest BCUT2D eigenvalue weighted by atomic mass is 9.95. The molecule has 3 rings (SSSR count). The van der Waals surface area contributed by atoms with Crippen LogP contribution in [0.2, 0.25) is 0 Å². The molecule has 0 spiro atoms. The molecule has 3 aromatic rings. The maximum Gasteiger partial charge on any atom is 0.253 e. The molecular formula is C21H20N2O. The highest BCUT2D eigenvalue weighted by atomic mass is 16.1. The van der Waals surface area contributed by atoms with Gasteiger partial charge in [0.2, 0.25) is 0 Å². The number of hydrogen-bond acceptors (Lipinski definition) is 2. The number of aromatic nitrogens is 1. The highest BCUT2D eigenvalue weighted by molar-refractivity contribution is 5.94. The summed E-state index contributed by atoms with van der Waals surface area (Å²) in [5.74, 6) is -0.129. The number of amides is 1. The summed E-state index contributed by atoms with van der Waals surface area (Å²) in [6.45, 7) is 4.18. The molecule has 1 amide bonds. The smallest absolute Gasteiger partial charge is 0.253 e. The SMILES string of the molecule is Cc1ccc(C(NC(=O)c2cccnc2)c2ccccc2)cc1C. The maximum atomic E-state index is 12.6. The van der Waals surface area contributed by atoms with Crippen LogP contribution in [0.25, 0.3) is 0 Å². The third-order valence-corrected chi connectivity index (χ3v) is 4.20. The zero-order valence-corrected chi connectivity index (χ0v) is 13.9. The first-order chi connectivity index (χ1) is 11.6. The molecular weight excluding hydrogens is 296 g/mol. The van der Waals surface area contributed by atoms with Crippen LogP contribution >= 0.6 is 0 Å². The van der Waals surface area contributed by atoms with Gasteiger partial charge in [-0.1, -0.05) is 48.5 Å². The number of nitrogens with one attached hydrogen (secondary N) is 1. The van der Waals surface area contributed by atoms with E-state index in [-0.39, 0.29) is 11.9 Å². The normalized spacial score (nSPS) is 11.8. The second-order valence-electron chi connectivity index (χ2n) is 5.90. The number of carbonyl (C=O) groups excluding carboxylic acids is 1. The van der Waals surface area contributed by atoms with Crippen molar-refractivity contribution in [1.29, 1.82) is 0 Å². The van der Waals surface area contributed by atoms with Gasteiger partial charge in [-0.3, -0.25) is 9.78 Å². The molecule has 3 heteroatoms. The Balaban J connectivity index is 1.96. The van der Waals surface area contributed by atoms with Gasteiger partial charge in [-0.25, -0.2) is 0 Å². The summed E-state index contributed by atoms with van der Waals surface area (Å²) in [4.78, 5) is 16.6. The quantitative estimate of drug-likeness (QED) is 0.783. The predicted molar refractivity (Wildman–Crippen MR) is 95.9 cm³/mol. The molecule has 0 saturated heterocycles. The number of rotatable bonds is 4. The van der Waals surface area contributed by atoms with E-state index < -0.39 is 0 Å². The molecule has 0 aliphatic heterocycles. The van der Waals surface area contributed by atoms with E-state index in [1.165, 1.54) is 11.1 Å². The Bertz CT molecular complexity index is 829. The van der Waals surface area contributed by atoms with Crippen molar-refractivity contribution in [3.05, 3.63) is 101 Å². The lowest BCUT2D eigenvalue weighted by molar-refractivity contribution is 0.0942. The van der Waals surface area contributed by atoms with E-state index in [0.717, 1.165) is 11.1 Å². The number of nitrogens with zero attached hydrogens (tertiary/aromatic N) is 1. The van der Waals surface area contributed by atoms with Gasteiger partial charge in [0.25, 0.3) is 5.91 Å². The lowest BCUT2D eigenvalue weighted by Gasteiger charge is -2.21. The minimum absolute atomic E-state index is 0.129. The molecule has 1 N–H and O–H groups in total. The van der Waals surface area contributed by atoms with Crippen LogP contribution in [0.4, 0.5) is 0 Å². The minimum atomic E-state index is -0.196. The van der Waals surface area contributed by atoms with E-state index in [1.54, 1.807) is 24.5 Å². The van der Waals surface area contributed by atoms with E-state index >= 15 is 0 Å². The third kappa shape index (κ3) is 3.51. The lowest BCUT2D eigenvalue weighted by Crippen LogP contribution is -2.29. The van der Waals surface area contributed by atoms with Crippen LogP contribution in [0.3, 0.4) is 0 Å². The number of aryl methyl sites for hydroxylation is 2. The fourth-order valence-electron chi connectivity index (χ4n) is 2.66. The number of pyridine rings is 1. The van der Waals surface area contributed by atoms with Crippen LogP contribution in [0.1, 0.15) is 38.7 Å². The van der Waals surface area contributed by atoms with Crippen LogP contribution in [0.15, 0.2) is 73.1 Å². The maximum absolute atomic E-state index is 12.6. The standard InChI is InChI=1S/C21H20N2O/c1-15-10-11-18(13-16(15)2)20(17-7-4-3-5-8-17)23-21(24)19-9-6-12-22-14-19/h3-14,20H,1-2H3,(H,23,24). The molecule has 0 fully saturated rings. The van der Waals surface area contributed by atoms with Crippen molar-refractivity contribution in [1.82, 2.24) is 10.3 Å². The van der Waals surface area contributed by atoms with E-state index in [9.17, 15) is 4.79 Å². The third-order valence-electron chi connectivity index (χ3n) is 4.20. The van der Waals surface area contributed by atoms with Crippen LogP contribution in [0, 0.1) is 13.8 Å². The van der Waals surface area contributed by atoms with Gasteiger partial charge in [0.15, 0.2) is 0 Å². The first-order valence-electron chi connectivity index (χ1n) is 7.98. The molecule has 0 radical (unpaired) electrons. The Labute approximate surface area is 142 Å². The summed E-state index contributed by atoms with van der Waals surface area (Å²) in [6.07, 6.45) is 3.24. The fourth-order valence-corrected chi connectivity index (χ4v) is 2.66. The molecule has 3 nitrogen and oxygen atoms in total. The molecule has 120 valence electrons. The van der Waals surface area contributed by atoms with E-state index in [0.29, 0.717) is 5.56 Å². The first-order valence-corrected chi connectivity index (χ1v) is 7.98. The van der Waals surface area contributed by atoms with E-state index in [1.807, 2.05) is 30.3 Å². The molecule has 1 unspecified atom stereocenters. The van der Waals surface area contributed by atoms with E-state index in [4.69, 9.17) is 0 Å². The van der Waals surface area contributed by atoms with Gasteiger partial charge in [0.1, 0.15) is 0 Å². The zero-order valence-electron chi connectivity index (χ0n) is 13.9. The van der Waals surface area contributed by atoms with Gasteiger partial charge in [0.05, 0.1) is 11.6 Å². The van der Waals surface area contributed by atoms with Crippen molar-refractivity contribution in [3.63, 3.8) is 0 Å². The summed E-state index contributed by atoms with van der Waals surface area (Å²) in [5.41, 5.74) is 5.13. The van der Waals surface area contributed by atoms with Gasteiger partial charge < -0.3 is 5.32 Å². The van der Waals surface area contributed by atoms with Crippen molar-refractivity contribution in [2.45, 2.75) is 19.9 Å². The highest BCUT2D eigenvalue weighted by Crippen LogP contribution is 2.24. The average Bonchev–Trinajstić information content (AvgIpc) is 2.63. The average molecular weight is 316 g/mol. The molecule has 1 heterocycles. The molecule has 2 aromatic carbocycles. The van der Waals surface area contributed by atoms with Gasteiger partial charge in [-0.15, -0.1) is 0 Å². The topological polar surface area (TPSA) is 42.0 Å². The second kappa shape index (κ2) is 7.09. The first kappa shape index (κ1) is 15.9. The van der Waals surface area contributed by atoms with E-state index in [2.05, 4.69) is 42.3 Å². The molecule has 0 aliphatic rings. The molecule has 0 bridgehead atoms. The summed E-state index contributed by atoms with van der Waals surface area (Å²) in [6, 6.07) is 19.7. The minimum Gasteiger partial charge on any atom is -0.341 e. The van der Waals surface area contributed by atoms with Crippen LogP contribution in [-0.2, 0) is 0 Å². The zero-order chi connectivity index (χ0) is 16.9. The Morgan fingerprint density at radius 3 is 2.38 bits per heavy atom. The molecule has 1 atom stereocenters. The van der Waals surface area contributed by atoms with Gasteiger partial charge in [0, 0.05) is 12.4 Å². The van der Waals surface area contributed by atoms with Crippen molar-refractivity contribution >= 4 is 5.91 Å². The molecule has 0 aliphatic carbocycles. The molecule has 24 heavy (non-hydrogen) atoms. The van der Waals surface area contributed by atoms with Crippen molar-refractivity contribution in [2.24, 2.45) is 0 Å². The number of benzene rings is 2. The van der Waals surface area contributed by atoms with Crippen molar-refractivity contribution in [2.75, 3.05) is 0 Å². The van der Waals surface area contributed by atoms with Crippen molar-refractivity contribution < 1.29 is 4.79 Å². The van der Waals surface area contributed by atoms with Gasteiger partial charge in [-0.2, -0.15) is 0 Å². The Morgan fingerprint density at radius 1 is 0.917 bits per heavy atom. The van der Waals surface area contributed by atoms with Crippen LogP contribution in [-0.4, -0.2) is 10.9 Å². The Kier molecular flexibility index (Phi) is 4.71. The monoisotopic (exact) mass is 316 g/mol. The Morgan fingerprint density at radius 2 is 1.71 bits per heavy atom. The molecule has 0 saturated carbocycles. The second-order valence-corrected chi connectivity index (χ2v) is 5.90. The summed E-state index contributed by atoms with van der Waals surface area (Å²) >= 11 is 0. The number of carbonyl (C=O) groups is 1. The van der Waals surface area contributed by atoms with Crippen molar-refractivity contribution in [3.8, 4) is 0 Å². The summed E-state index contributed by atoms with van der Waals surface area (Å²) in [5, 5.41) is 3.13. The van der Waals surface area contributed by atoms with Crippen LogP contribution < -0.4 is 5.32 Å².